The molecular weight excluding hydrogens is 506 g/mol. The zero-order valence-electron chi connectivity index (χ0n) is 22.3. The first-order valence-corrected chi connectivity index (χ1v) is 13.5. The van der Waals surface area contributed by atoms with E-state index in [0.29, 0.717) is 30.2 Å². The van der Waals surface area contributed by atoms with E-state index >= 15 is 0 Å². The van der Waals surface area contributed by atoms with Gasteiger partial charge in [-0.2, -0.15) is 0 Å². The van der Waals surface area contributed by atoms with E-state index in [1.807, 2.05) is 24.3 Å². The van der Waals surface area contributed by atoms with Gasteiger partial charge in [0, 0.05) is 35.7 Å². The molecule has 0 radical (unpaired) electrons. The number of para-hydroxylation sites is 1. The highest BCUT2D eigenvalue weighted by Gasteiger charge is 2.47. The number of carboxylic acid groups (broad SMARTS) is 1. The monoisotopic (exact) mass is 537 g/mol. The molecule has 1 fully saturated rings. The molecule has 8 heteroatoms. The number of benzene rings is 3. The third-order valence-electron chi connectivity index (χ3n) is 8.41. The van der Waals surface area contributed by atoms with Crippen molar-refractivity contribution in [2.45, 2.75) is 37.2 Å². The van der Waals surface area contributed by atoms with Gasteiger partial charge in [-0.15, -0.1) is 0 Å². The van der Waals surface area contributed by atoms with Gasteiger partial charge in [-0.05, 0) is 71.2 Å². The van der Waals surface area contributed by atoms with Crippen molar-refractivity contribution in [2.24, 2.45) is 0 Å². The van der Waals surface area contributed by atoms with Gasteiger partial charge in [-0.3, -0.25) is 4.79 Å². The van der Waals surface area contributed by atoms with Crippen molar-refractivity contribution in [2.75, 3.05) is 25.9 Å². The molecule has 1 saturated heterocycles. The van der Waals surface area contributed by atoms with Crippen LogP contribution < -0.4 is 10.5 Å². The Morgan fingerprint density at radius 3 is 2.58 bits per heavy atom. The number of carbonyl (C=O) groups is 2. The Kier molecular flexibility index (Phi) is 6.54. The number of nitrogens with two attached hydrogens (primary N) is 1. The van der Waals surface area contributed by atoms with Crippen LogP contribution in [0.2, 0.25) is 0 Å². The van der Waals surface area contributed by atoms with Crippen molar-refractivity contribution in [3.05, 3.63) is 89.6 Å². The molecule has 0 bridgehead atoms. The normalized spacial score (nSPS) is 17.5. The quantitative estimate of drug-likeness (QED) is 0.334. The maximum Gasteiger partial charge on any atom is 0.409 e. The summed E-state index contributed by atoms with van der Waals surface area (Å²) in [5.41, 5.74) is 11.1. The number of nitrogen functional groups attached to an aromatic ring is 1. The third-order valence-corrected chi connectivity index (χ3v) is 8.41. The second kappa shape index (κ2) is 10.2. The van der Waals surface area contributed by atoms with Crippen molar-refractivity contribution in [1.82, 2.24) is 9.88 Å². The van der Waals surface area contributed by atoms with E-state index in [1.165, 1.54) is 12.7 Å². The molecule has 3 aromatic carbocycles. The number of aromatic nitrogens is 1. The van der Waals surface area contributed by atoms with E-state index in [2.05, 4.69) is 41.4 Å². The molecule has 1 spiro atoms. The molecule has 2 heterocycles. The average Bonchev–Trinajstić information content (AvgIpc) is 3.25. The summed E-state index contributed by atoms with van der Waals surface area (Å²) in [6, 6.07) is 22.0. The van der Waals surface area contributed by atoms with Crippen molar-refractivity contribution in [3.63, 3.8) is 0 Å². The Bertz CT molecular complexity index is 1610. The lowest BCUT2D eigenvalue weighted by atomic mass is 9.73. The summed E-state index contributed by atoms with van der Waals surface area (Å²) in [5.74, 6) is 0.176. The number of pyridine rings is 1. The summed E-state index contributed by atoms with van der Waals surface area (Å²) in [5, 5.41) is 11.4. The average molecular weight is 538 g/mol. The van der Waals surface area contributed by atoms with Gasteiger partial charge >= 0.3 is 12.1 Å². The second-order valence-electron chi connectivity index (χ2n) is 10.7. The molecule has 204 valence electrons. The Labute approximate surface area is 232 Å². The molecule has 8 nitrogen and oxygen atoms in total. The second-order valence-corrected chi connectivity index (χ2v) is 10.7. The molecular formula is C32H31N3O5. The van der Waals surface area contributed by atoms with Crippen LogP contribution in [0.25, 0.3) is 21.9 Å². The number of hydrogen-bond acceptors (Lipinski definition) is 6. The first-order valence-electron chi connectivity index (χ1n) is 13.5. The van der Waals surface area contributed by atoms with Crippen molar-refractivity contribution < 1.29 is 24.2 Å². The lowest BCUT2D eigenvalue weighted by Gasteiger charge is -2.39. The molecule has 1 aromatic heterocycles. The number of fused-ring (bicyclic) bond motifs is 3. The summed E-state index contributed by atoms with van der Waals surface area (Å²) in [6.45, 7) is 1.21. The molecule has 3 N–H and O–H groups in total. The van der Waals surface area contributed by atoms with Gasteiger partial charge in [0.1, 0.15) is 17.7 Å². The lowest BCUT2D eigenvalue weighted by molar-refractivity contribution is -0.136. The molecule has 0 saturated carbocycles. The van der Waals surface area contributed by atoms with Crippen LogP contribution >= 0.6 is 0 Å². The summed E-state index contributed by atoms with van der Waals surface area (Å²) in [7, 11) is 1.41. The van der Waals surface area contributed by atoms with Crippen LogP contribution in [0.5, 0.6) is 5.75 Å². The number of ether oxygens (including phenoxy) is 2. The van der Waals surface area contributed by atoms with Gasteiger partial charge in [0.05, 0.1) is 13.5 Å². The van der Waals surface area contributed by atoms with E-state index in [4.69, 9.17) is 15.2 Å². The minimum absolute atomic E-state index is 0.110. The predicted molar refractivity (Wildman–Crippen MR) is 152 cm³/mol. The van der Waals surface area contributed by atoms with Crippen LogP contribution in [0.1, 0.15) is 42.1 Å². The van der Waals surface area contributed by atoms with Crippen LogP contribution in [0.15, 0.2) is 72.9 Å². The van der Waals surface area contributed by atoms with Crippen molar-refractivity contribution in [3.8, 4) is 16.9 Å². The summed E-state index contributed by atoms with van der Waals surface area (Å²) in [6.07, 6.45) is 3.37. The highest BCUT2D eigenvalue weighted by Crippen LogP contribution is 2.53. The van der Waals surface area contributed by atoms with Crippen molar-refractivity contribution >= 4 is 28.7 Å². The zero-order valence-corrected chi connectivity index (χ0v) is 22.3. The number of hydrogen-bond donors (Lipinski definition) is 2. The minimum Gasteiger partial charge on any atom is -0.485 e. The number of carbonyl (C=O) groups excluding carboxylic acids is 1. The van der Waals surface area contributed by atoms with Crippen LogP contribution in [0, 0.1) is 0 Å². The fourth-order valence-corrected chi connectivity index (χ4v) is 6.34. The standard InChI is InChI=1S/C32H31N3O5/c1-39-31(38)35-14-11-32(12-15-35)19-28(40-27-5-3-2-4-23(27)18-29(36)37)25-17-22(8-9-26(25)32)21-7-6-20-10-13-34-30(33)24(20)16-21/h2-10,13,16-17,28H,11-12,14-15,18-19H2,1H3,(H2,33,34)(H,36,37)/t28-/m1/s1. The first-order chi connectivity index (χ1) is 19.4. The fourth-order valence-electron chi connectivity index (χ4n) is 6.34. The summed E-state index contributed by atoms with van der Waals surface area (Å²) < 4.78 is 11.6. The minimum atomic E-state index is -0.901. The largest absolute Gasteiger partial charge is 0.485 e. The molecule has 1 aliphatic carbocycles. The number of carboxylic acids is 1. The third kappa shape index (κ3) is 4.59. The molecule has 2 aliphatic rings. The number of rotatable bonds is 5. The van der Waals surface area contributed by atoms with Gasteiger partial charge in [0.2, 0.25) is 0 Å². The molecule has 40 heavy (non-hydrogen) atoms. The van der Waals surface area contributed by atoms with Gasteiger partial charge in [0.25, 0.3) is 0 Å². The number of amides is 1. The Morgan fingerprint density at radius 2 is 1.80 bits per heavy atom. The van der Waals surface area contributed by atoms with E-state index in [9.17, 15) is 14.7 Å². The Morgan fingerprint density at radius 1 is 1.05 bits per heavy atom. The highest BCUT2D eigenvalue weighted by atomic mass is 16.5. The van der Waals surface area contributed by atoms with Crippen LogP contribution in [0.3, 0.4) is 0 Å². The maximum absolute atomic E-state index is 12.2. The topological polar surface area (TPSA) is 115 Å². The van der Waals surface area contributed by atoms with Gasteiger partial charge in [-0.1, -0.05) is 42.5 Å². The molecule has 4 aromatic rings. The lowest BCUT2D eigenvalue weighted by Crippen LogP contribution is -2.44. The maximum atomic E-state index is 12.2. The van der Waals surface area contributed by atoms with Crippen LogP contribution in [0.4, 0.5) is 10.6 Å². The van der Waals surface area contributed by atoms with E-state index in [0.717, 1.165) is 46.7 Å². The first kappa shape index (κ1) is 25.7. The summed E-state index contributed by atoms with van der Waals surface area (Å²) in [4.78, 5) is 29.7. The number of anilines is 1. The van der Waals surface area contributed by atoms with Gasteiger partial charge in [0.15, 0.2) is 0 Å². The van der Waals surface area contributed by atoms with Crippen molar-refractivity contribution in [1.29, 1.82) is 0 Å². The highest BCUT2D eigenvalue weighted by molar-refractivity contribution is 5.94. The Hall–Kier alpha value is -4.59. The van der Waals surface area contributed by atoms with Gasteiger partial charge < -0.3 is 25.2 Å². The number of likely N-dealkylation sites (tertiary alicyclic amines) is 1. The smallest absolute Gasteiger partial charge is 0.409 e. The number of methoxy groups -OCH3 is 1. The van der Waals surface area contributed by atoms with E-state index in [-0.39, 0.29) is 24.0 Å². The number of aliphatic carboxylic acids is 1. The fraction of sp³-hybridized carbons (Fsp3) is 0.281. The molecule has 1 atom stereocenters. The molecule has 6 rings (SSSR count). The van der Waals surface area contributed by atoms with Crippen LogP contribution in [-0.4, -0.2) is 47.3 Å². The van der Waals surface area contributed by atoms with Crippen LogP contribution in [-0.2, 0) is 21.4 Å². The molecule has 1 aliphatic heterocycles. The predicted octanol–water partition coefficient (Wildman–Crippen LogP) is 5.73. The zero-order chi connectivity index (χ0) is 27.9. The van der Waals surface area contributed by atoms with Gasteiger partial charge in [-0.25, -0.2) is 9.78 Å². The SMILES string of the molecule is COC(=O)N1CCC2(CC1)C[C@@H](Oc1ccccc1CC(=O)O)c1cc(-c3ccc4ccnc(N)c4c3)ccc12. The number of piperidine rings is 1. The van der Waals surface area contributed by atoms with E-state index in [1.54, 1.807) is 17.2 Å². The van der Waals surface area contributed by atoms with E-state index < -0.39 is 5.97 Å². The number of nitrogens with zero attached hydrogens (tertiary/aromatic N) is 2. The molecule has 0 unspecified atom stereocenters. The molecule has 1 amide bonds. The summed E-state index contributed by atoms with van der Waals surface area (Å²) >= 11 is 0. The Balaban J connectivity index is 1.40.